The summed E-state index contributed by atoms with van der Waals surface area (Å²) >= 11 is 0. The molecule has 190 valence electrons. The normalized spacial score (nSPS) is 19.3. The lowest BCUT2D eigenvalue weighted by molar-refractivity contribution is 0.147. The van der Waals surface area contributed by atoms with E-state index in [0.29, 0.717) is 12.6 Å². The van der Waals surface area contributed by atoms with Gasteiger partial charge in [0.2, 0.25) is 0 Å². The van der Waals surface area contributed by atoms with Crippen LogP contribution in [-0.2, 0) is 13.2 Å². The van der Waals surface area contributed by atoms with Crippen LogP contribution in [0.3, 0.4) is 0 Å². The van der Waals surface area contributed by atoms with Crippen LogP contribution in [0.5, 0.6) is 5.75 Å². The van der Waals surface area contributed by atoms with E-state index in [1.807, 2.05) is 0 Å². The highest BCUT2D eigenvalue weighted by atomic mass is 16.5. The number of aromatic nitrogens is 2. The number of imidazole rings is 1. The van der Waals surface area contributed by atoms with Crippen LogP contribution in [0.4, 0.5) is 5.69 Å². The van der Waals surface area contributed by atoms with Gasteiger partial charge in [0, 0.05) is 76.8 Å². The van der Waals surface area contributed by atoms with Gasteiger partial charge in [0.05, 0.1) is 11.4 Å². The first-order valence-electron chi connectivity index (χ1n) is 13.4. The van der Waals surface area contributed by atoms with Gasteiger partial charge in [-0.2, -0.15) is 0 Å². The number of hydrogen-bond donors (Lipinski definition) is 0. The van der Waals surface area contributed by atoms with Gasteiger partial charge >= 0.3 is 0 Å². The first-order valence-corrected chi connectivity index (χ1v) is 13.4. The Labute approximate surface area is 214 Å². The number of likely N-dealkylation sites (N-methyl/N-ethyl adjacent to an activating group) is 1. The van der Waals surface area contributed by atoms with E-state index < -0.39 is 0 Å². The van der Waals surface area contributed by atoms with Gasteiger partial charge in [0.1, 0.15) is 12.4 Å². The molecule has 0 radical (unpaired) electrons. The monoisotopic (exact) mass is 486 g/mol. The number of hydrogen-bond acceptors (Lipinski definition) is 6. The summed E-state index contributed by atoms with van der Waals surface area (Å²) in [4.78, 5) is 14.8. The molecule has 0 saturated carbocycles. The van der Waals surface area contributed by atoms with E-state index in [1.165, 1.54) is 16.8 Å². The van der Waals surface area contributed by atoms with E-state index in [0.717, 1.165) is 81.9 Å². The molecule has 0 bridgehead atoms. The molecule has 2 aromatic carbocycles. The second-order valence-electron chi connectivity index (χ2n) is 10.7. The maximum Gasteiger partial charge on any atom is 0.151 e. The quantitative estimate of drug-likeness (QED) is 0.548. The summed E-state index contributed by atoms with van der Waals surface area (Å²) in [5, 5.41) is 0. The number of nitrogens with zero attached hydrogens (tertiary/aromatic N) is 6. The molecule has 2 fully saturated rings. The Bertz CT molecular complexity index is 1190. The summed E-state index contributed by atoms with van der Waals surface area (Å²) in [5.74, 6) is 1.92. The highest BCUT2D eigenvalue weighted by Crippen LogP contribution is 2.35. The lowest BCUT2D eigenvalue weighted by Crippen LogP contribution is -2.48. The van der Waals surface area contributed by atoms with Crippen molar-refractivity contribution in [3.63, 3.8) is 0 Å². The van der Waals surface area contributed by atoms with E-state index >= 15 is 0 Å². The number of piperazine rings is 2. The fraction of sp³-hybridized carbons (Fsp3) is 0.483. The number of benzene rings is 2. The molecule has 3 aliphatic heterocycles. The first kappa shape index (κ1) is 23.5. The summed E-state index contributed by atoms with van der Waals surface area (Å²) in [6.45, 7) is 14.9. The zero-order valence-electron chi connectivity index (χ0n) is 21.9. The van der Waals surface area contributed by atoms with Gasteiger partial charge in [0.15, 0.2) is 5.82 Å². The number of rotatable bonds is 5. The Hall–Kier alpha value is -2.87. The third-order valence-corrected chi connectivity index (χ3v) is 8.00. The number of ether oxygens (including phenoxy) is 1. The highest BCUT2D eigenvalue weighted by molar-refractivity contribution is 5.70. The van der Waals surface area contributed by atoms with Crippen LogP contribution in [0.1, 0.15) is 25.4 Å². The van der Waals surface area contributed by atoms with Gasteiger partial charge in [-0.1, -0.05) is 18.2 Å². The third-order valence-electron chi connectivity index (χ3n) is 8.00. The van der Waals surface area contributed by atoms with E-state index in [2.05, 4.69) is 93.7 Å². The van der Waals surface area contributed by atoms with Crippen LogP contribution in [0.2, 0.25) is 0 Å². The molecule has 7 heteroatoms. The summed E-state index contributed by atoms with van der Waals surface area (Å²) < 4.78 is 8.38. The van der Waals surface area contributed by atoms with E-state index in [1.54, 1.807) is 0 Å². The van der Waals surface area contributed by atoms with Crippen LogP contribution in [-0.4, -0.2) is 89.7 Å². The molecule has 4 heterocycles. The molecule has 0 amide bonds. The predicted octanol–water partition coefficient (Wildman–Crippen LogP) is 3.71. The largest absolute Gasteiger partial charge is 0.483 e. The Morgan fingerprint density at radius 3 is 2.31 bits per heavy atom. The van der Waals surface area contributed by atoms with Crippen molar-refractivity contribution in [1.29, 1.82) is 0 Å². The summed E-state index contributed by atoms with van der Waals surface area (Å²) in [7, 11) is 2.19. The summed E-state index contributed by atoms with van der Waals surface area (Å²) in [6.07, 6.45) is 2.20. The van der Waals surface area contributed by atoms with Gasteiger partial charge < -0.3 is 14.5 Å². The topological polar surface area (TPSA) is 40.0 Å². The second-order valence-corrected chi connectivity index (χ2v) is 10.7. The Morgan fingerprint density at radius 1 is 0.861 bits per heavy atom. The minimum absolute atomic E-state index is 0.514. The van der Waals surface area contributed by atoms with Crippen molar-refractivity contribution in [2.24, 2.45) is 0 Å². The van der Waals surface area contributed by atoms with E-state index in [4.69, 9.17) is 9.72 Å². The maximum atomic E-state index is 6.16. The smallest absolute Gasteiger partial charge is 0.151 e. The predicted molar refractivity (Wildman–Crippen MR) is 145 cm³/mol. The molecule has 2 saturated heterocycles. The van der Waals surface area contributed by atoms with Gasteiger partial charge in [-0.3, -0.25) is 14.4 Å². The lowest BCUT2D eigenvalue weighted by Gasteiger charge is -2.38. The van der Waals surface area contributed by atoms with Crippen LogP contribution in [0.25, 0.3) is 16.8 Å². The zero-order chi connectivity index (χ0) is 24.6. The Balaban J connectivity index is 1.15. The fourth-order valence-corrected chi connectivity index (χ4v) is 5.61. The zero-order valence-corrected chi connectivity index (χ0v) is 21.9. The van der Waals surface area contributed by atoms with Gasteiger partial charge in [-0.15, -0.1) is 0 Å². The van der Waals surface area contributed by atoms with Crippen LogP contribution < -0.4 is 9.64 Å². The average Bonchev–Trinajstić information content (AvgIpc) is 3.33. The Morgan fingerprint density at radius 2 is 1.58 bits per heavy atom. The Kier molecular flexibility index (Phi) is 6.46. The van der Waals surface area contributed by atoms with Gasteiger partial charge in [-0.05, 0) is 56.3 Å². The molecule has 0 unspecified atom stereocenters. The highest BCUT2D eigenvalue weighted by Gasteiger charge is 2.22. The van der Waals surface area contributed by atoms with Gasteiger partial charge in [-0.25, -0.2) is 4.98 Å². The van der Waals surface area contributed by atoms with Crippen molar-refractivity contribution in [2.45, 2.75) is 33.0 Å². The minimum atomic E-state index is 0.514. The second kappa shape index (κ2) is 9.88. The van der Waals surface area contributed by atoms with Crippen molar-refractivity contribution in [3.05, 3.63) is 60.2 Å². The fourth-order valence-electron chi connectivity index (χ4n) is 5.61. The van der Waals surface area contributed by atoms with E-state index in [9.17, 15) is 0 Å². The molecule has 3 aliphatic rings. The minimum Gasteiger partial charge on any atom is -0.483 e. The first-order chi connectivity index (χ1) is 17.5. The summed E-state index contributed by atoms with van der Waals surface area (Å²) in [5.41, 5.74) is 5.92. The molecular weight excluding hydrogens is 448 g/mol. The van der Waals surface area contributed by atoms with Gasteiger partial charge in [0.25, 0.3) is 0 Å². The molecule has 0 aliphatic carbocycles. The molecule has 36 heavy (non-hydrogen) atoms. The van der Waals surface area contributed by atoms with Crippen LogP contribution in [0, 0.1) is 0 Å². The average molecular weight is 487 g/mol. The number of anilines is 1. The molecule has 6 rings (SSSR count). The molecule has 1 aromatic heterocycles. The van der Waals surface area contributed by atoms with Crippen molar-refractivity contribution < 1.29 is 4.74 Å². The van der Waals surface area contributed by atoms with Crippen LogP contribution >= 0.6 is 0 Å². The molecular formula is C29H38N6O. The van der Waals surface area contributed by atoms with Crippen LogP contribution in [0.15, 0.2) is 48.7 Å². The molecule has 0 spiro atoms. The summed E-state index contributed by atoms with van der Waals surface area (Å²) in [6, 6.07) is 16.2. The maximum absolute atomic E-state index is 6.16. The van der Waals surface area contributed by atoms with Crippen molar-refractivity contribution >= 4 is 5.69 Å². The third kappa shape index (κ3) is 4.75. The van der Waals surface area contributed by atoms with Crippen molar-refractivity contribution in [2.75, 3.05) is 64.3 Å². The molecule has 0 N–H and O–H groups in total. The standard InChI is InChI=1S/C29H38N6O/c1-22(2)33-14-16-34(17-15-33)26-7-4-23(5-8-26)24-6-9-27-28(18-24)36-21-29-30-25(20-35(27)29)19-32-12-10-31(3)11-13-32/h4-9,18,20,22H,10-17,19,21H2,1-3H3. The number of fused-ring (bicyclic) bond motifs is 3. The van der Waals surface area contributed by atoms with Crippen molar-refractivity contribution in [3.8, 4) is 22.6 Å². The molecule has 7 nitrogen and oxygen atoms in total. The van der Waals surface area contributed by atoms with Crippen molar-refractivity contribution in [1.82, 2.24) is 24.3 Å². The lowest BCUT2D eigenvalue weighted by atomic mass is 10.0. The van der Waals surface area contributed by atoms with E-state index in [-0.39, 0.29) is 0 Å². The SMILES string of the molecule is CC(C)N1CCN(c2ccc(-c3ccc4c(c3)OCc3nc(CN5CCN(C)CC5)cn3-4)cc2)CC1. The molecule has 3 aromatic rings. The molecule has 0 atom stereocenters.